The molecule has 0 aliphatic heterocycles. The SMILES string of the molecule is OC(CNC1CCCC1)CO/N=C1/CCCc2sccc21. The number of thiophene rings is 1. The van der Waals surface area contributed by atoms with Gasteiger partial charge in [0.1, 0.15) is 12.7 Å². The Morgan fingerprint density at radius 3 is 3.05 bits per heavy atom. The second kappa shape index (κ2) is 7.38. The van der Waals surface area contributed by atoms with Gasteiger partial charge in [-0.1, -0.05) is 18.0 Å². The number of hydrogen-bond donors (Lipinski definition) is 2. The van der Waals surface area contributed by atoms with Crippen molar-refractivity contribution in [3.8, 4) is 0 Å². The number of rotatable bonds is 6. The van der Waals surface area contributed by atoms with Crippen LogP contribution < -0.4 is 5.32 Å². The first-order valence-corrected chi connectivity index (χ1v) is 8.88. The number of aliphatic hydroxyl groups excluding tert-OH is 1. The lowest BCUT2D eigenvalue weighted by Gasteiger charge is -2.16. The highest BCUT2D eigenvalue weighted by Gasteiger charge is 2.18. The largest absolute Gasteiger partial charge is 0.393 e. The zero-order valence-electron chi connectivity index (χ0n) is 12.4. The lowest BCUT2D eigenvalue weighted by molar-refractivity contribution is 0.0388. The molecule has 4 nitrogen and oxygen atoms in total. The summed E-state index contributed by atoms with van der Waals surface area (Å²) in [7, 11) is 0. The highest BCUT2D eigenvalue weighted by atomic mass is 32.1. The van der Waals surface area contributed by atoms with Gasteiger partial charge in [-0.15, -0.1) is 11.3 Å². The summed E-state index contributed by atoms with van der Waals surface area (Å²) in [5, 5.41) is 19.7. The third-order valence-corrected chi connectivity index (χ3v) is 5.29. The minimum atomic E-state index is -0.486. The first kappa shape index (κ1) is 15.0. The molecule has 1 aromatic heterocycles. The Bertz CT molecular complexity index is 480. The first-order valence-electron chi connectivity index (χ1n) is 8.00. The third-order valence-electron chi connectivity index (χ3n) is 4.31. The summed E-state index contributed by atoms with van der Waals surface area (Å²) in [4.78, 5) is 6.79. The van der Waals surface area contributed by atoms with Gasteiger partial charge in [0.05, 0.1) is 5.71 Å². The minimum Gasteiger partial charge on any atom is -0.393 e. The maximum absolute atomic E-state index is 9.94. The van der Waals surface area contributed by atoms with Gasteiger partial charge < -0.3 is 15.3 Å². The van der Waals surface area contributed by atoms with E-state index < -0.39 is 6.10 Å². The Hall–Kier alpha value is -0.910. The molecule has 5 heteroatoms. The van der Waals surface area contributed by atoms with E-state index in [2.05, 4.69) is 21.9 Å². The fraction of sp³-hybridized carbons (Fsp3) is 0.688. The lowest BCUT2D eigenvalue weighted by atomic mass is 9.97. The molecule has 3 rings (SSSR count). The number of aliphatic hydroxyl groups is 1. The predicted octanol–water partition coefficient (Wildman–Crippen LogP) is 2.70. The Labute approximate surface area is 130 Å². The molecular weight excluding hydrogens is 284 g/mol. The number of aryl methyl sites for hydroxylation is 1. The van der Waals surface area contributed by atoms with Crippen LogP contribution in [0.25, 0.3) is 0 Å². The summed E-state index contributed by atoms with van der Waals surface area (Å²) in [6.45, 7) is 0.863. The molecule has 2 aliphatic carbocycles. The maximum Gasteiger partial charge on any atom is 0.144 e. The van der Waals surface area contributed by atoms with Crippen LogP contribution in [0.4, 0.5) is 0 Å². The summed E-state index contributed by atoms with van der Waals surface area (Å²) < 4.78 is 0. The number of oxime groups is 1. The molecule has 0 radical (unpaired) electrons. The van der Waals surface area contributed by atoms with E-state index in [9.17, 15) is 5.11 Å². The van der Waals surface area contributed by atoms with Gasteiger partial charge >= 0.3 is 0 Å². The standard InChI is InChI=1S/C16H24N2O2S/c19-13(10-17-12-4-1-2-5-12)11-20-18-15-6-3-7-16-14(15)8-9-21-16/h8-9,12-13,17,19H,1-7,10-11H2/b18-15-. The van der Waals surface area contributed by atoms with Gasteiger partial charge in [-0.05, 0) is 43.6 Å². The fourth-order valence-electron chi connectivity index (χ4n) is 3.13. The fourth-order valence-corrected chi connectivity index (χ4v) is 4.07. The van der Waals surface area contributed by atoms with E-state index in [4.69, 9.17) is 4.84 Å². The van der Waals surface area contributed by atoms with Crippen molar-refractivity contribution in [2.75, 3.05) is 13.2 Å². The molecule has 1 atom stereocenters. The molecule has 0 saturated heterocycles. The molecule has 1 unspecified atom stereocenters. The molecule has 0 aromatic carbocycles. The Balaban J connectivity index is 1.42. The van der Waals surface area contributed by atoms with Crippen molar-refractivity contribution in [2.24, 2.45) is 5.16 Å². The second-order valence-electron chi connectivity index (χ2n) is 5.99. The van der Waals surface area contributed by atoms with Crippen LogP contribution in [-0.4, -0.2) is 36.1 Å². The predicted molar refractivity (Wildman–Crippen MR) is 86.0 cm³/mol. The van der Waals surface area contributed by atoms with E-state index in [1.165, 1.54) is 36.1 Å². The van der Waals surface area contributed by atoms with Crippen LogP contribution in [0, 0.1) is 0 Å². The van der Waals surface area contributed by atoms with Crippen molar-refractivity contribution >= 4 is 17.0 Å². The van der Waals surface area contributed by atoms with Crippen molar-refractivity contribution < 1.29 is 9.94 Å². The smallest absolute Gasteiger partial charge is 0.144 e. The molecular formula is C16H24N2O2S. The van der Waals surface area contributed by atoms with Gasteiger partial charge in [0.2, 0.25) is 0 Å². The van der Waals surface area contributed by atoms with Gasteiger partial charge in [-0.25, -0.2) is 0 Å². The van der Waals surface area contributed by atoms with Crippen molar-refractivity contribution in [3.63, 3.8) is 0 Å². The van der Waals surface area contributed by atoms with Crippen LogP contribution in [0.3, 0.4) is 0 Å². The molecule has 1 saturated carbocycles. The Morgan fingerprint density at radius 2 is 2.19 bits per heavy atom. The summed E-state index contributed by atoms with van der Waals surface area (Å²) in [6, 6.07) is 2.71. The van der Waals surface area contributed by atoms with Gasteiger partial charge in [0.25, 0.3) is 0 Å². The van der Waals surface area contributed by atoms with Crippen LogP contribution in [0.2, 0.25) is 0 Å². The average molecular weight is 308 g/mol. The monoisotopic (exact) mass is 308 g/mol. The van der Waals surface area contributed by atoms with Crippen LogP contribution in [0.5, 0.6) is 0 Å². The highest BCUT2D eigenvalue weighted by molar-refractivity contribution is 7.10. The summed E-state index contributed by atoms with van der Waals surface area (Å²) >= 11 is 1.80. The van der Waals surface area contributed by atoms with Gasteiger partial charge in [0, 0.05) is 23.0 Å². The second-order valence-corrected chi connectivity index (χ2v) is 6.99. The van der Waals surface area contributed by atoms with Gasteiger partial charge in [0.15, 0.2) is 0 Å². The van der Waals surface area contributed by atoms with Crippen LogP contribution in [-0.2, 0) is 11.3 Å². The molecule has 21 heavy (non-hydrogen) atoms. The molecule has 2 aliphatic rings. The number of nitrogens with zero attached hydrogens (tertiary/aromatic N) is 1. The Kier molecular flexibility index (Phi) is 5.27. The zero-order valence-corrected chi connectivity index (χ0v) is 13.2. The van der Waals surface area contributed by atoms with E-state index in [1.54, 1.807) is 11.3 Å². The minimum absolute atomic E-state index is 0.267. The lowest BCUT2D eigenvalue weighted by Crippen LogP contribution is -2.35. The highest BCUT2D eigenvalue weighted by Crippen LogP contribution is 2.26. The number of fused-ring (bicyclic) bond motifs is 1. The molecule has 1 aromatic rings. The van der Waals surface area contributed by atoms with E-state index in [0.717, 1.165) is 25.0 Å². The number of hydrogen-bond acceptors (Lipinski definition) is 5. The van der Waals surface area contributed by atoms with Crippen molar-refractivity contribution in [2.45, 2.75) is 57.1 Å². The van der Waals surface area contributed by atoms with Gasteiger partial charge in [-0.3, -0.25) is 0 Å². The molecule has 0 spiro atoms. The number of nitrogens with one attached hydrogen (secondary N) is 1. The zero-order chi connectivity index (χ0) is 14.5. The normalized spacial score (nSPS) is 22.4. The van der Waals surface area contributed by atoms with Crippen molar-refractivity contribution in [1.29, 1.82) is 0 Å². The first-order chi connectivity index (χ1) is 10.3. The molecule has 0 amide bonds. The van der Waals surface area contributed by atoms with E-state index in [0.29, 0.717) is 12.6 Å². The summed E-state index contributed by atoms with van der Waals surface area (Å²) in [5.41, 5.74) is 2.28. The average Bonchev–Trinajstić information content (AvgIpc) is 3.16. The van der Waals surface area contributed by atoms with Crippen LogP contribution in [0.1, 0.15) is 49.0 Å². The molecule has 0 bridgehead atoms. The van der Waals surface area contributed by atoms with Crippen LogP contribution >= 0.6 is 11.3 Å². The van der Waals surface area contributed by atoms with E-state index in [-0.39, 0.29) is 6.61 Å². The van der Waals surface area contributed by atoms with Gasteiger partial charge in [-0.2, -0.15) is 0 Å². The van der Waals surface area contributed by atoms with Crippen molar-refractivity contribution in [1.82, 2.24) is 5.32 Å². The third kappa shape index (κ3) is 4.05. The molecule has 116 valence electrons. The topological polar surface area (TPSA) is 53.8 Å². The molecule has 1 fully saturated rings. The summed E-state index contributed by atoms with van der Waals surface area (Å²) in [5.74, 6) is 0. The molecule has 1 heterocycles. The van der Waals surface area contributed by atoms with Crippen LogP contribution in [0.15, 0.2) is 16.6 Å². The van der Waals surface area contributed by atoms with E-state index in [1.807, 2.05) is 0 Å². The maximum atomic E-state index is 9.94. The Morgan fingerprint density at radius 1 is 1.33 bits per heavy atom. The quantitative estimate of drug-likeness (QED) is 0.795. The van der Waals surface area contributed by atoms with E-state index >= 15 is 0 Å². The molecule has 2 N–H and O–H groups in total. The summed E-state index contributed by atoms with van der Waals surface area (Å²) in [6.07, 6.45) is 7.86. The van der Waals surface area contributed by atoms with Crippen molar-refractivity contribution in [3.05, 3.63) is 21.9 Å².